The van der Waals surface area contributed by atoms with Crippen molar-refractivity contribution in [1.29, 1.82) is 0 Å². The molecule has 2 N–H and O–H groups in total. The molecule has 0 saturated carbocycles. The highest BCUT2D eigenvalue weighted by Crippen LogP contribution is 2.34. The van der Waals surface area contributed by atoms with Crippen LogP contribution in [0, 0.1) is 5.92 Å². The molecule has 1 aliphatic rings. The largest absolute Gasteiger partial charge is 0.326 e. The second kappa shape index (κ2) is 6.75. The molecule has 0 aliphatic carbocycles. The van der Waals surface area contributed by atoms with Gasteiger partial charge in [-0.25, -0.2) is 0 Å². The van der Waals surface area contributed by atoms with Crippen molar-refractivity contribution in [2.24, 2.45) is 11.7 Å². The molecule has 0 aromatic carbocycles. The summed E-state index contributed by atoms with van der Waals surface area (Å²) in [5.41, 5.74) is 6.90. The molecular weight excluding hydrogens is 208 g/mol. The summed E-state index contributed by atoms with van der Waals surface area (Å²) >= 11 is 0. The van der Waals surface area contributed by atoms with Crippen LogP contribution in [0.5, 0.6) is 0 Å². The molecule has 0 aromatic rings. The van der Waals surface area contributed by atoms with Gasteiger partial charge in [-0.15, -0.1) is 0 Å². The van der Waals surface area contributed by atoms with Crippen LogP contribution < -0.4 is 5.73 Å². The first-order valence-electron chi connectivity index (χ1n) is 7.63. The summed E-state index contributed by atoms with van der Waals surface area (Å²) in [6.07, 6.45) is 7.61. The Bertz CT molecular complexity index is 205. The van der Waals surface area contributed by atoms with Gasteiger partial charge in [0.1, 0.15) is 0 Å². The van der Waals surface area contributed by atoms with E-state index < -0.39 is 0 Å². The Labute approximate surface area is 108 Å². The van der Waals surface area contributed by atoms with Gasteiger partial charge in [-0.1, -0.05) is 34.1 Å². The Balaban J connectivity index is 2.81. The Morgan fingerprint density at radius 3 is 2.06 bits per heavy atom. The van der Waals surface area contributed by atoms with Crippen molar-refractivity contribution in [2.75, 3.05) is 13.1 Å². The first-order valence-corrected chi connectivity index (χ1v) is 7.63. The summed E-state index contributed by atoms with van der Waals surface area (Å²) in [5, 5.41) is 0. The lowest BCUT2D eigenvalue weighted by Crippen LogP contribution is -2.60. The first-order chi connectivity index (χ1) is 8.12. The smallest absolute Gasteiger partial charge is 0.0357 e. The van der Waals surface area contributed by atoms with Crippen LogP contribution in [0.4, 0.5) is 0 Å². The van der Waals surface area contributed by atoms with Gasteiger partial charge in [0.15, 0.2) is 0 Å². The van der Waals surface area contributed by atoms with E-state index in [1.165, 1.54) is 51.6 Å². The Morgan fingerprint density at radius 2 is 1.65 bits per heavy atom. The molecule has 1 aliphatic heterocycles. The minimum absolute atomic E-state index is 0.255. The molecule has 1 rings (SSSR count). The van der Waals surface area contributed by atoms with E-state index in [2.05, 4.69) is 32.6 Å². The topological polar surface area (TPSA) is 29.3 Å². The van der Waals surface area contributed by atoms with Gasteiger partial charge in [-0.3, -0.25) is 4.90 Å². The number of nitrogens with two attached hydrogens (primary N) is 1. The maximum Gasteiger partial charge on any atom is 0.0357 e. The normalized spacial score (nSPS) is 21.7. The zero-order chi connectivity index (χ0) is 12.9. The SMILES string of the molecule is CCCC(C)C(N)C(CC)(CC)N1CCCC1. The fourth-order valence-corrected chi connectivity index (χ4v) is 3.71. The van der Waals surface area contributed by atoms with Gasteiger partial charge in [0.25, 0.3) is 0 Å². The molecule has 1 fully saturated rings. The Morgan fingerprint density at radius 1 is 1.12 bits per heavy atom. The number of likely N-dealkylation sites (tertiary alicyclic amines) is 1. The maximum absolute atomic E-state index is 6.64. The molecule has 102 valence electrons. The fourth-order valence-electron chi connectivity index (χ4n) is 3.71. The van der Waals surface area contributed by atoms with Crippen molar-refractivity contribution in [1.82, 2.24) is 4.90 Å². The molecule has 2 unspecified atom stereocenters. The molecule has 0 bridgehead atoms. The highest BCUT2D eigenvalue weighted by atomic mass is 15.2. The molecule has 2 heteroatoms. The standard InChI is InChI=1S/C15H32N2/c1-5-10-13(4)14(16)15(6-2,7-3)17-11-8-9-12-17/h13-14H,5-12,16H2,1-4H3. The highest BCUT2D eigenvalue weighted by Gasteiger charge is 2.41. The predicted octanol–water partition coefficient (Wildman–Crippen LogP) is 3.40. The van der Waals surface area contributed by atoms with Crippen LogP contribution in [-0.2, 0) is 0 Å². The maximum atomic E-state index is 6.64. The summed E-state index contributed by atoms with van der Waals surface area (Å²) < 4.78 is 0. The van der Waals surface area contributed by atoms with Crippen LogP contribution in [0.25, 0.3) is 0 Å². The van der Waals surface area contributed by atoms with Crippen molar-refractivity contribution >= 4 is 0 Å². The van der Waals surface area contributed by atoms with E-state index >= 15 is 0 Å². The van der Waals surface area contributed by atoms with E-state index in [4.69, 9.17) is 5.73 Å². The van der Waals surface area contributed by atoms with Crippen LogP contribution in [0.15, 0.2) is 0 Å². The molecule has 2 nitrogen and oxygen atoms in total. The van der Waals surface area contributed by atoms with Gasteiger partial charge in [0.05, 0.1) is 0 Å². The average Bonchev–Trinajstić information content (AvgIpc) is 2.86. The monoisotopic (exact) mass is 240 g/mol. The summed E-state index contributed by atoms with van der Waals surface area (Å²) in [5.74, 6) is 0.639. The van der Waals surface area contributed by atoms with Crippen LogP contribution in [0.3, 0.4) is 0 Å². The van der Waals surface area contributed by atoms with Gasteiger partial charge >= 0.3 is 0 Å². The fraction of sp³-hybridized carbons (Fsp3) is 1.00. The van der Waals surface area contributed by atoms with Gasteiger partial charge < -0.3 is 5.73 Å². The van der Waals surface area contributed by atoms with Crippen LogP contribution >= 0.6 is 0 Å². The minimum Gasteiger partial charge on any atom is -0.326 e. The molecule has 1 saturated heterocycles. The second-order valence-corrected chi connectivity index (χ2v) is 5.80. The summed E-state index contributed by atoms with van der Waals surface area (Å²) in [6, 6.07) is 0.329. The molecule has 1 heterocycles. The number of rotatable bonds is 7. The molecule has 2 atom stereocenters. The Kier molecular flexibility index (Phi) is 5.94. The molecule has 0 spiro atoms. The van der Waals surface area contributed by atoms with Crippen molar-refractivity contribution in [3.63, 3.8) is 0 Å². The quantitative estimate of drug-likeness (QED) is 0.739. The third kappa shape index (κ3) is 3.03. The predicted molar refractivity (Wildman–Crippen MR) is 76.2 cm³/mol. The van der Waals surface area contributed by atoms with Crippen molar-refractivity contribution < 1.29 is 0 Å². The lowest BCUT2D eigenvalue weighted by Gasteiger charge is -2.47. The van der Waals surface area contributed by atoms with E-state index in [0.29, 0.717) is 12.0 Å². The Hall–Kier alpha value is -0.0800. The third-order valence-corrected chi connectivity index (χ3v) is 4.94. The van der Waals surface area contributed by atoms with Gasteiger partial charge in [-0.2, -0.15) is 0 Å². The zero-order valence-corrected chi connectivity index (χ0v) is 12.3. The van der Waals surface area contributed by atoms with Crippen LogP contribution in [0.2, 0.25) is 0 Å². The number of nitrogens with zero attached hydrogens (tertiary/aromatic N) is 1. The van der Waals surface area contributed by atoms with Crippen molar-refractivity contribution in [3.05, 3.63) is 0 Å². The average molecular weight is 240 g/mol. The number of hydrogen-bond donors (Lipinski definition) is 1. The molecular formula is C15H32N2. The van der Waals surface area contributed by atoms with Gasteiger partial charge in [0.2, 0.25) is 0 Å². The summed E-state index contributed by atoms with van der Waals surface area (Å²) in [6.45, 7) is 11.8. The highest BCUT2D eigenvalue weighted by molar-refractivity contribution is 5.00. The van der Waals surface area contributed by atoms with Crippen LogP contribution in [-0.4, -0.2) is 29.6 Å². The summed E-state index contributed by atoms with van der Waals surface area (Å²) in [7, 11) is 0. The van der Waals surface area contributed by atoms with Crippen LogP contribution in [0.1, 0.15) is 66.2 Å². The van der Waals surface area contributed by atoms with E-state index in [-0.39, 0.29) is 5.54 Å². The van der Waals surface area contributed by atoms with Gasteiger partial charge in [0, 0.05) is 11.6 Å². The lowest BCUT2D eigenvalue weighted by atomic mass is 9.76. The lowest BCUT2D eigenvalue weighted by molar-refractivity contribution is 0.0554. The number of hydrogen-bond acceptors (Lipinski definition) is 2. The van der Waals surface area contributed by atoms with Crippen molar-refractivity contribution in [2.45, 2.75) is 77.8 Å². The molecule has 0 aromatic heterocycles. The first kappa shape index (κ1) is 15.0. The molecule has 17 heavy (non-hydrogen) atoms. The van der Waals surface area contributed by atoms with Gasteiger partial charge in [-0.05, 0) is 51.1 Å². The van der Waals surface area contributed by atoms with E-state index in [9.17, 15) is 0 Å². The van der Waals surface area contributed by atoms with E-state index in [1.807, 2.05) is 0 Å². The minimum atomic E-state index is 0.255. The molecule has 0 radical (unpaired) electrons. The summed E-state index contributed by atoms with van der Waals surface area (Å²) in [4.78, 5) is 2.68. The van der Waals surface area contributed by atoms with E-state index in [1.54, 1.807) is 0 Å². The second-order valence-electron chi connectivity index (χ2n) is 5.80. The third-order valence-electron chi connectivity index (χ3n) is 4.94. The zero-order valence-electron chi connectivity index (χ0n) is 12.3. The van der Waals surface area contributed by atoms with E-state index in [0.717, 1.165) is 0 Å². The van der Waals surface area contributed by atoms with Crippen molar-refractivity contribution in [3.8, 4) is 0 Å². The molecule has 0 amide bonds.